The summed E-state index contributed by atoms with van der Waals surface area (Å²) < 4.78 is 20.8. The summed E-state index contributed by atoms with van der Waals surface area (Å²) in [7, 11) is -1.22. The first-order chi connectivity index (χ1) is 7.93. The third-order valence-electron chi connectivity index (χ3n) is 1.99. The smallest absolute Gasteiger partial charge is 0.144 e. The summed E-state index contributed by atoms with van der Waals surface area (Å²) in [6.07, 6.45) is 1.63. The Labute approximate surface area is 106 Å². The monoisotopic (exact) mass is 253 g/mol. The van der Waals surface area contributed by atoms with Crippen LogP contribution in [0.15, 0.2) is 28.7 Å². The number of benzene rings is 1. The van der Waals surface area contributed by atoms with Gasteiger partial charge in [-0.1, -0.05) is 12.1 Å². The summed E-state index contributed by atoms with van der Waals surface area (Å²) in [5.74, 6) is 0.804. The molecule has 17 heavy (non-hydrogen) atoms. The van der Waals surface area contributed by atoms with Gasteiger partial charge in [0.05, 0.1) is 11.4 Å². The van der Waals surface area contributed by atoms with Gasteiger partial charge >= 0.3 is 0 Å². The maximum Gasteiger partial charge on any atom is 0.144 e. The standard InChI is InChI=1S/C13H19NO2S/c1-5-16-12-8-6-7-11(9-12)10-14-17(15)13(2,3)4/h6-10H,5H2,1-4H3/t17-/m0/s1. The van der Waals surface area contributed by atoms with Crippen LogP contribution in [0, 0.1) is 0 Å². The molecule has 0 aliphatic heterocycles. The molecule has 0 bridgehead atoms. The van der Waals surface area contributed by atoms with Crippen molar-refractivity contribution in [3.05, 3.63) is 29.8 Å². The first-order valence-corrected chi connectivity index (χ1v) is 6.73. The molecule has 1 aromatic rings. The fourth-order valence-electron chi connectivity index (χ4n) is 1.12. The molecule has 0 aliphatic rings. The number of nitrogens with zero attached hydrogens (tertiary/aromatic N) is 1. The summed E-state index contributed by atoms with van der Waals surface area (Å²) in [6.45, 7) is 8.27. The average Bonchev–Trinajstić information content (AvgIpc) is 2.25. The third kappa shape index (κ3) is 4.69. The highest BCUT2D eigenvalue weighted by Crippen LogP contribution is 2.14. The second-order valence-electron chi connectivity index (χ2n) is 4.60. The van der Waals surface area contributed by atoms with Gasteiger partial charge in [-0.2, -0.15) is 4.40 Å². The highest BCUT2D eigenvalue weighted by atomic mass is 32.2. The normalized spacial score (nSPS) is 13.9. The molecule has 0 aliphatic carbocycles. The predicted molar refractivity (Wildman–Crippen MR) is 73.1 cm³/mol. The molecule has 4 heteroatoms. The lowest BCUT2D eigenvalue weighted by atomic mass is 10.2. The zero-order valence-electron chi connectivity index (χ0n) is 10.8. The molecule has 0 radical (unpaired) electrons. The topological polar surface area (TPSA) is 38.7 Å². The highest BCUT2D eigenvalue weighted by molar-refractivity contribution is 7.85. The lowest BCUT2D eigenvalue weighted by Gasteiger charge is -2.12. The van der Waals surface area contributed by atoms with E-state index in [0.717, 1.165) is 11.3 Å². The minimum absolute atomic E-state index is 0.325. The number of ether oxygens (including phenoxy) is 1. The minimum atomic E-state index is -1.22. The van der Waals surface area contributed by atoms with Crippen LogP contribution in [0.4, 0.5) is 0 Å². The average molecular weight is 253 g/mol. The van der Waals surface area contributed by atoms with Crippen LogP contribution in [0.5, 0.6) is 5.75 Å². The van der Waals surface area contributed by atoms with Crippen LogP contribution in [-0.2, 0) is 11.0 Å². The lowest BCUT2D eigenvalue weighted by Crippen LogP contribution is -2.19. The van der Waals surface area contributed by atoms with Gasteiger partial charge in [-0.25, -0.2) is 4.21 Å². The Kier molecular flexibility index (Phi) is 4.87. The molecule has 1 atom stereocenters. The van der Waals surface area contributed by atoms with E-state index in [-0.39, 0.29) is 4.75 Å². The molecular weight excluding hydrogens is 234 g/mol. The number of rotatable bonds is 4. The first kappa shape index (κ1) is 13.9. The van der Waals surface area contributed by atoms with Gasteiger partial charge in [0.1, 0.15) is 16.7 Å². The van der Waals surface area contributed by atoms with Gasteiger partial charge in [0, 0.05) is 6.21 Å². The van der Waals surface area contributed by atoms with Crippen LogP contribution in [0.3, 0.4) is 0 Å². The fraction of sp³-hybridized carbons (Fsp3) is 0.462. The molecule has 0 fully saturated rings. The molecule has 0 amide bonds. The van der Waals surface area contributed by atoms with Gasteiger partial charge in [0.25, 0.3) is 0 Å². The SMILES string of the molecule is CCOc1cccc(C=N[S@@](=O)C(C)(C)C)c1. The maximum absolute atomic E-state index is 11.7. The van der Waals surface area contributed by atoms with Crippen LogP contribution in [0.1, 0.15) is 33.3 Å². The molecule has 3 nitrogen and oxygen atoms in total. The van der Waals surface area contributed by atoms with Gasteiger partial charge in [0.15, 0.2) is 0 Å². The highest BCUT2D eigenvalue weighted by Gasteiger charge is 2.17. The van der Waals surface area contributed by atoms with Gasteiger partial charge in [-0.05, 0) is 45.4 Å². The lowest BCUT2D eigenvalue weighted by molar-refractivity contribution is 0.340. The van der Waals surface area contributed by atoms with Crippen molar-refractivity contribution in [2.24, 2.45) is 4.40 Å². The van der Waals surface area contributed by atoms with Gasteiger partial charge in [-0.3, -0.25) is 0 Å². The van der Waals surface area contributed by atoms with E-state index in [1.165, 1.54) is 0 Å². The summed E-state index contributed by atoms with van der Waals surface area (Å²) in [4.78, 5) is 0. The molecule has 1 rings (SSSR count). The minimum Gasteiger partial charge on any atom is -0.494 e. The molecule has 94 valence electrons. The van der Waals surface area contributed by atoms with Crippen molar-refractivity contribution < 1.29 is 8.95 Å². The van der Waals surface area contributed by atoms with Gasteiger partial charge < -0.3 is 4.74 Å². The second-order valence-corrected chi connectivity index (χ2v) is 6.54. The quantitative estimate of drug-likeness (QED) is 0.774. The van der Waals surface area contributed by atoms with E-state index >= 15 is 0 Å². The van der Waals surface area contributed by atoms with Crippen LogP contribution >= 0.6 is 0 Å². The van der Waals surface area contributed by atoms with E-state index in [1.54, 1.807) is 6.21 Å². The van der Waals surface area contributed by atoms with Crippen molar-refractivity contribution in [3.63, 3.8) is 0 Å². The van der Waals surface area contributed by atoms with Crippen LogP contribution in [0.2, 0.25) is 0 Å². The zero-order valence-corrected chi connectivity index (χ0v) is 11.6. The van der Waals surface area contributed by atoms with Crippen LogP contribution in [-0.4, -0.2) is 21.8 Å². The number of hydrogen-bond donors (Lipinski definition) is 0. The first-order valence-electron chi connectivity index (χ1n) is 5.62. The molecule has 0 unspecified atom stereocenters. The maximum atomic E-state index is 11.7. The van der Waals surface area contributed by atoms with Crippen molar-refractivity contribution in [3.8, 4) is 5.75 Å². The molecule has 0 saturated carbocycles. The molecule has 0 saturated heterocycles. The van der Waals surface area contributed by atoms with E-state index in [4.69, 9.17) is 4.74 Å². The molecular formula is C13H19NO2S. The largest absolute Gasteiger partial charge is 0.494 e. The van der Waals surface area contributed by atoms with Crippen molar-refractivity contribution in [2.45, 2.75) is 32.4 Å². The Morgan fingerprint density at radius 2 is 2.12 bits per heavy atom. The summed E-state index contributed by atoms with van der Waals surface area (Å²) >= 11 is 0. The van der Waals surface area contributed by atoms with E-state index in [0.29, 0.717) is 6.61 Å². The Morgan fingerprint density at radius 3 is 2.71 bits per heavy atom. The summed E-state index contributed by atoms with van der Waals surface area (Å²) in [5, 5.41) is 0. The third-order valence-corrected chi connectivity index (χ3v) is 3.34. The zero-order chi connectivity index (χ0) is 12.9. The summed E-state index contributed by atoms with van der Waals surface area (Å²) in [5.41, 5.74) is 0.897. The second kappa shape index (κ2) is 5.96. The summed E-state index contributed by atoms with van der Waals surface area (Å²) in [6, 6.07) is 7.58. The fourth-order valence-corrected chi connectivity index (χ4v) is 1.65. The predicted octanol–water partition coefficient (Wildman–Crippen LogP) is 2.97. The van der Waals surface area contributed by atoms with Crippen molar-refractivity contribution in [2.75, 3.05) is 6.61 Å². The van der Waals surface area contributed by atoms with E-state index in [1.807, 2.05) is 52.0 Å². The Morgan fingerprint density at radius 1 is 1.41 bits per heavy atom. The van der Waals surface area contributed by atoms with Crippen molar-refractivity contribution >= 4 is 17.2 Å². The molecule has 1 aromatic carbocycles. The van der Waals surface area contributed by atoms with Gasteiger partial charge in [0.2, 0.25) is 0 Å². The van der Waals surface area contributed by atoms with Crippen LogP contribution in [0.25, 0.3) is 0 Å². The van der Waals surface area contributed by atoms with Crippen molar-refractivity contribution in [1.29, 1.82) is 0 Å². The molecule has 0 spiro atoms. The Bertz CT molecular complexity index is 422. The van der Waals surface area contributed by atoms with Crippen LogP contribution < -0.4 is 4.74 Å². The molecule has 0 N–H and O–H groups in total. The number of hydrogen-bond acceptors (Lipinski definition) is 2. The van der Waals surface area contributed by atoms with Crippen molar-refractivity contribution in [1.82, 2.24) is 0 Å². The Hall–Kier alpha value is -1.16. The molecule has 0 heterocycles. The van der Waals surface area contributed by atoms with Gasteiger partial charge in [-0.15, -0.1) is 0 Å². The van der Waals surface area contributed by atoms with E-state index < -0.39 is 11.0 Å². The Balaban J connectivity index is 2.78. The van der Waals surface area contributed by atoms with E-state index in [9.17, 15) is 4.21 Å². The van der Waals surface area contributed by atoms with E-state index in [2.05, 4.69) is 4.40 Å². The molecule has 0 aromatic heterocycles.